The highest BCUT2D eigenvalue weighted by molar-refractivity contribution is 8.00. The number of thioether (sulfide) groups is 1. The minimum absolute atomic E-state index is 0.129. The fourth-order valence-corrected chi connectivity index (χ4v) is 4.68. The van der Waals surface area contributed by atoms with E-state index in [1.165, 1.54) is 29.5 Å². The molecule has 0 heterocycles. The first-order valence-electron chi connectivity index (χ1n) is 9.47. The second kappa shape index (κ2) is 9.36. The summed E-state index contributed by atoms with van der Waals surface area (Å²) in [5, 5.41) is 2.54. The molecule has 7 heteroatoms. The monoisotopic (exact) mass is 440 g/mol. The average molecular weight is 441 g/mol. The van der Waals surface area contributed by atoms with Crippen LogP contribution >= 0.6 is 11.8 Å². The third-order valence-corrected chi connectivity index (χ3v) is 6.91. The Kier molecular flexibility index (Phi) is 6.84. The van der Waals surface area contributed by atoms with Crippen LogP contribution in [0.15, 0.2) is 82.6 Å². The van der Waals surface area contributed by atoms with Gasteiger partial charge in [0.1, 0.15) is 0 Å². The second-order valence-corrected chi connectivity index (χ2v) is 10.2. The van der Waals surface area contributed by atoms with Crippen molar-refractivity contribution in [2.75, 3.05) is 10.0 Å². The molecule has 3 rings (SSSR count). The van der Waals surface area contributed by atoms with Crippen LogP contribution in [-0.4, -0.2) is 19.6 Å². The number of rotatable bonds is 7. The van der Waals surface area contributed by atoms with Gasteiger partial charge in [-0.2, -0.15) is 0 Å². The van der Waals surface area contributed by atoms with E-state index in [0.717, 1.165) is 10.5 Å². The van der Waals surface area contributed by atoms with Gasteiger partial charge in [0, 0.05) is 16.3 Å². The normalized spacial score (nSPS) is 12.2. The lowest BCUT2D eigenvalue weighted by Gasteiger charge is -2.13. The summed E-state index contributed by atoms with van der Waals surface area (Å²) in [6.07, 6.45) is 0. The molecule has 5 nitrogen and oxygen atoms in total. The molecular formula is C23H24N2O3S2. The third kappa shape index (κ3) is 5.87. The third-order valence-electron chi connectivity index (χ3n) is 4.41. The minimum Gasteiger partial charge on any atom is -0.325 e. The predicted molar refractivity (Wildman–Crippen MR) is 124 cm³/mol. The maximum absolute atomic E-state index is 12.6. The number of aryl methyl sites for hydroxylation is 2. The van der Waals surface area contributed by atoms with Crippen molar-refractivity contribution in [3.05, 3.63) is 83.9 Å². The maximum atomic E-state index is 12.6. The topological polar surface area (TPSA) is 75.3 Å². The van der Waals surface area contributed by atoms with Gasteiger partial charge in [-0.15, -0.1) is 11.8 Å². The number of sulfonamides is 1. The lowest BCUT2D eigenvalue weighted by atomic mass is 10.2. The molecule has 0 aliphatic rings. The Balaban J connectivity index is 1.63. The summed E-state index contributed by atoms with van der Waals surface area (Å²) in [6.45, 7) is 5.75. The molecule has 1 atom stereocenters. The molecule has 3 aromatic rings. The average Bonchev–Trinajstić information content (AvgIpc) is 2.70. The Hall–Kier alpha value is -2.77. The van der Waals surface area contributed by atoms with Crippen LogP contribution in [0.1, 0.15) is 18.1 Å². The van der Waals surface area contributed by atoms with Gasteiger partial charge >= 0.3 is 0 Å². The number of hydrogen-bond acceptors (Lipinski definition) is 4. The van der Waals surface area contributed by atoms with Gasteiger partial charge in [0.25, 0.3) is 10.0 Å². The van der Waals surface area contributed by atoms with Crippen molar-refractivity contribution in [2.45, 2.75) is 35.8 Å². The smallest absolute Gasteiger partial charge is 0.261 e. The Morgan fingerprint density at radius 1 is 0.867 bits per heavy atom. The van der Waals surface area contributed by atoms with Gasteiger partial charge in [-0.05, 0) is 74.9 Å². The van der Waals surface area contributed by atoms with Crippen molar-refractivity contribution < 1.29 is 13.2 Å². The van der Waals surface area contributed by atoms with Gasteiger partial charge in [-0.3, -0.25) is 9.52 Å². The first kappa shape index (κ1) is 21.9. The predicted octanol–water partition coefficient (Wildman–Crippen LogP) is 5.22. The van der Waals surface area contributed by atoms with Crippen molar-refractivity contribution in [1.29, 1.82) is 0 Å². The Morgan fingerprint density at radius 2 is 1.53 bits per heavy atom. The van der Waals surface area contributed by atoms with E-state index >= 15 is 0 Å². The number of carbonyl (C=O) groups excluding carboxylic acids is 1. The van der Waals surface area contributed by atoms with Crippen LogP contribution in [0.4, 0.5) is 11.4 Å². The summed E-state index contributed by atoms with van der Waals surface area (Å²) >= 11 is 1.47. The Labute approximate surface area is 182 Å². The zero-order chi connectivity index (χ0) is 21.7. The van der Waals surface area contributed by atoms with Crippen LogP contribution in [0.5, 0.6) is 0 Å². The fourth-order valence-electron chi connectivity index (χ4n) is 2.76. The molecule has 1 amide bonds. The number of nitrogens with one attached hydrogen (secondary N) is 2. The van der Waals surface area contributed by atoms with Gasteiger partial charge in [-0.1, -0.05) is 29.8 Å². The van der Waals surface area contributed by atoms with E-state index < -0.39 is 10.0 Å². The molecule has 0 spiro atoms. The minimum atomic E-state index is -3.70. The molecule has 156 valence electrons. The highest BCUT2D eigenvalue weighted by Gasteiger charge is 2.17. The molecule has 0 radical (unpaired) electrons. The molecule has 0 aliphatic heterocycles. The largest absolute Gasteiger partial charge is 0.325 e. The van der Waals surface area contributed by atoms with Gasteiger partial charge in [-0.25, -0.2) is 8.42 Å². The highest BCUT2D eigenvalue weighted by atomic mass is 32.2. The van der Waals surface area contributed by atoms with E-state index in [1.807, 2.05) is 51.1 Å². The van der Waals surface area contributed by atoms with Gasteiger partial charge in [0.2, 0.25) is 5.91 Å². The maximum Gasteiger partial charge on any atom is 0.261 e. The molecule has 2 N–H and O–H groups in total. The van der Waals surface area contributed by atoms with E-state index in [-0.39, 0.29) is 16.1 Å². The quantitative estimate of drug-likeness (QED) is 0.494. The molecule has 0 unspecified atom stereocenters. The molecule has 0 fully saturated rings. The van der Waals surface area contributed by atoms with Crippen molar-refractivity contribution in [3.8, 4) is 0 Å². The number of hydrogen-bond donors (Lipinski definition) is 2. The SMILES string of the molecule is Cc1ccc(S[C@H](C)C(=O)Nc2ccc(S(=O)(=O)Nc3cccc(C)c3)cc2)cc1. The first-order valence-corrected chi connectivity index (χ1v) is 11.8. The lowest BCUT2D eigenvalue weighted by molar-refractivity contribution is -0.115. The van der Waals surface area contributed by atoms with Crippen molar-refractivity contribution in [1.82, 2.24) is 0 Å². The summed E-state index contributed by atoms with van der Waals surface area (Å²) in [7, 11) is -3.70. The molecule has 0 bridgehead atoms. The molecule has 30 heavy (non-hydrogen) atoms. The highest BCUT2D eigenvalue weighted by Crippen LogP contribution is 2.25. The molecule has 0 aromatic heterocycles. The molecule has 0 aliphatic carbocycles. The van der Waals surface area contributed by atoms with Crippen LogP contribution in [-0.2, 0) is 14.8 Å². The number of anilines is 2. The lowest BCUT2D eigenvalue weighted by Crippen LogP contribution is -2.22. The molecular weight excluding hydrogens is 416 g/mol. The van der Waals surface area contributed by atoms with E-state index in [9.17, 15) is 13.2 Å². The summed E-state index contributed by atoms with van der Waals surface area (Å²) in [5.74, 6) is -0.144. The van der Waals surface area contributed by atoms with E-state index in [1.54, 1.807) is 30.3 Å². The number of carbonyl (C=O) groups is 1. The van der Waals surface area contributed by atoms with E-state index in [0.29, 0.717) is 11.4 Å². The fraction of sp³-hybridized carbons (Fsp3) is 0.174. The number of benzene rings is 3. The van der Waals surface area contributed by atoms with Crippen molar-refractivity contribution >= 4 is 39.1 Å². The molecule has 3 aromatic carbocycles. The zero-order valence-corrected chi connectivity index (χ0v) is 18.7. The van der Waals surface area contributed by atoms with Crippen molar-refractivity contribution in [2.24, 2.45) is 0 Å². The molecule has 0 saturated carbocycles. The zero-order valence-electron chi connectivity index (χ0n) is 17.0. The number of amides is 1. The van der Waals surface area contributed by atoms with E-state index in [4.69, 9.17) is 0 Å². The van der Waals surface area contributed by atoms with Crippen LogP contribution in [0, 0.1) is 13.8 Å². The van der Waals surface area contributed by atoms with Crippen LogP contribution in [0.25, 0.3) is 0 Å². The van der Waals surface area contributed by atoms with Gasteiger partial charge in [0.05, 0.1) is 10.1 Å². The van der Waals surface area contributed by atoms with Crippen LogP contribution in [0.2, 0.25) is 0 Å². The van der Waals surface area contributed by atoms with Crippen molar-refractivity contribution in [3.63, 3.8) is 0 Å². The van der Waals surface area contributed by atoms with E-state index in [2.05, 4.69) is 10.0 Å². The summed E-state index contributed by atoms with van der Waals surface area (Å²) in [6, 6.07) is 21.3. The van der Waals surface area contributed by atoms with Gasteiger partial charge in [0.15, 0.2) is 0 Å². The van der Waals surface area contributed by atoms with Crippen LogP contribution in [0.3, 0.4) is 0 Å². The summed E-state index contributed by atoms with van der Waals surface area (Å²) in [4.78, 5) is 13.6. The van der Waals surface area contributed by atoms with Crippen LogP contribution < -0.4 is 10.0 Å². The standard InChI is InChI=1S/C23H24N2O3S2/c1-16-7-11-21(12-8-16)29-18(3)23(26)24-19-9-13-22(14-10-19)30(27,28)25-20-6-4-5-17(2)15-20/h4-15,18,25H,1-3H3,(H,24,26)/t18-/m1/s1. The second-order valence-electron chi connectivity index (χ2n) is 7.06. The Morgan fingerprint density at radius 3 is 2.17 bits per heavy atom. The summed E-state index contributed by atoms with van der Waals surface area (Å²) < 4.78 is 27.7. The van der Waals surface area contributed by atoms with Gasteiger partial charge < -0.3 is 5.32 Å². The Bertz CT molecular complexity index is 1130. The molecule has 0 saturated heterocycles. The summed E-state index contributed by atoms with van der Waals surface area (Å²) in [5.41, 5.74) is 3.19. The first-order chi connectivity index (χ1) is 14.2.